The van der Waals surface area contributed by atoms with Crippen molar-refractivity contribution < 1.29 is 164 Å². The maximum absolute atomic E-state index is 11.4. The molecule has 0 rings (SSSR count). The van der Waals surface area contributed by atoms with E-state index in [1.165, 1.54) is 0 Å². The van der Waals surface area contributed by atoms with Gasteiger partial charge in [0.1, 0.15) is 0 Å². The number of rotatable bonds is 6. The van der Waals surface area contributed by atoms with Crippen molar-refractivity contribution in [1.82, 2.24) is 0 Å². The van der Waals surface area contributed by atoms with Crippen LogP contribution in [-0.2, 0) is 22.3 Å². The monoisotopic (exact) mass is 386 g/mol. The fourth-order valence-corrected chi connectivity index (χ4v) is 6.52. The molecule has 2 nitrogen and oxygen atoms in total. The number of hydrogen-bond donors (Lipinski definition) is 0. The van der Waals surface area contributed by atoms with Crippen LogP contribution in [0.2, 0.25) is 0 Å². The Kier molecular flexibility index (Phi) is 31.3. The van der Waals surface area contributed by atoms with Crippen LogP contribution in [0.4, 0.5) is 0 Å². The molecule has 0 bridgehead atoms. The Morgan fingerprint density at radius 1 is 0.889 bits per heavy atom. The standard InChI is InChI=1S/C10H22O2PS2.3K/c1-9(2)5-7-15(13(11,12)14)8-6-10(3)4;;;/h9-10H,5-8H2,1-4H3;;;/q-3;3*+1. The Morgan fingerprint density at radius 3 is 1.33 bits per heavy atom. The van der Waals surface area contributed by atoms with Gasteiger partial charge in [-0.05, 0) is 36.2 Å². The fraction of sp³-hybridized carbons (Fsp3) is 1.00. The SMILES string of the molecule is CC(C)CCS(CCC(C)C)=P([O-])([O-])[S-].[K+].[K+].[K+]. The molecule has 0 radical (unpaired) electrons. The van der Waals surface area contributed by atoms with Gasteiger partial charge in [-0.15, -0.1) is 0 Å². The molecule has 0 aliphatic carbocycles. The van der Waals surface area contributed by atoms with E-state index in [0.29, 0.717) is 11.8 Å². The summed E-state index contributed by atoms with van der Waals surface area (Å²) in [5.74, 6) is 2.63. The molecule has 0 saturated carbocycles. The fourth-order valence-electron chi connectivity index (χ4n) is 1.07. The van der Waals surface area contributed by atoms with E-state index in [0.717, 1.165) is 24.3 Å². The second kappa shape index (κ2) is 17.8. The summed E-state index contributed by atoms with van der Waals surface area (Å²) in [6, 6.07) is 0. The largest absolute Gasteiger partial charge is 1.00 e. The zero-order valence-electron chi connectivity index (χ0n) is 13.1. The van der Waals surface area contributed by atoms with E-state index < -0.39 is 15.8 Å². The molecule has 0 saturated heterocycles. The Hall–Kier alpha value is 5.96. The van der Waals surface area contributed by atoms with Gasteiger partial charge in [0.2, 0.25) is 0 Å². The van der Waals surface area contributed by atoms with Gasteiger partial charge in [-0.3, -0.25) is 0 Å². The van der Waals surface area contributed by atoms with Crippen LogP contribution in [0.1, 0.15) is 40.5 Å². The second-order valence-corrected chi connectivity index (χ2v) is 12.4. The first-order chi connectivity index (χ1) is 6.73. The zero-order valence-corrected chi connectivity index (χ0v) is 25.0. The molecule has 0 fully saturated rings. The Labute approximate surface area is 249 Å². The van der Waals surface area contributed by atoms with Gasteiger partial charge >= 0.3 is 154 Å². The molecule has 0 aromatic heterocycles. The Bertz CT molecular complexity index is 223. The van der Waals surface area contributed by atoms with E-state index in [4.69, 9.17) is 0 Å². The molecule has 0 atom stereocenters. The quantitative estimate of drug-likeness (QED) is 0.259. The average molecular weight is 387 g/mol. The molecule has 0 aliphatic heterocycles. The predicted molar refractivity (Wildman–Crippen MR) is 70.3 cm³/mol. The maximum atomic E-state index is 11.4. The minimum Gasteiger partial charge on any atom is -0.854 e. The summed E-state index contributed by atoms with van der Waals surface area (Å²) in [6.07, 6.45) is 1.92. The van der Waals surface area contributed by atoms with E-state index in [2.05, 4.69) is 39.9 Å². The van der Waals surface area contributed by atoms with Crippen molar-refractivity contribution in [3.05, 3.63) is 0 Å². The van der Waals surface area contributed by atoms with Gasteiger partial charge in [0.25, 0.3) is 0 Å². The van der Waals surface area contributed by atoms with E-state index in [9.17, 15) is 9.79 Å². The van der Waals surface area contributed by atoms with Gasteiger partial charge in [-0.2, -0.15) is 0 Å². The first-order valence-corrected chi connectivity index (χ1v) is 10.2. The summed E-state index contributed by atoms with van der Waals surface area (Å²) in [7, 11) is -0.568. The Balaban J connectivity index is -0.000000327. The third-order valence-corrected chi connectivity index (χ3v) is 9.11. The molecule has 0 spiro atoms. The van der Waals surface area contributed by atoms with Crippen molar-refractivity contribution in [2.24, 2.45) is 11.8 Å². The smallest absolute Gasteiger partial charge is 0.854 e. The summed E-state index contributed by atoms with van der Waals surface area (Å²) in [5.41, 5.74) is -3.53. The topological polar surface area (TPSA) is 46.1 Å². The first kappa shape index (κ1) is 31.7. The molecular formula is C10H22K3O2PS2. The first-order valence-electron chi connectivity index (χ1n) is 5.43. The third-order valence-electron chi connectivity index (χ3n) is 2.18. The summed E-state index contributed by atoms with van der Waals surface area (Å²) in [6.45, 7) is 8.46. The van der Waals surface area contributed by atoms with Gasteiger partial charge < -0.3 is 27.7 Å². The van der Waals surface area contributed by atoms with Crippen molar-refractivity contribution in [2.75, 3.05) is 11.5 Å². The Morgan fingerprint density at radius 2 is 1.17 bits per heavy atom. The van der Waals surface area contributed by atoms with Gasteiger partial charge in [-0.1, -0.05) is 27.7 Å². The normalized spacial score (nSPS) is 11.0. The van der Waals surface area contributed by atoms with E-state index >= 15 is 0 Å². The molecule has 0 aromatic rings. The van der Waals surface area contributed by atoms with Crippen LogP contribution in [0.5, 0.6) is 0 Å². The third kappa shape index (κ3) is 20.0. The van der Waals surface area contributed by atoms with Crippen molar-refractivity contribution in [2.45, 2.75) is 40.5 Å². The minimum absolute atomic E-state index is 0. The van der Waals surface area contributed by atoms with Crippen LogP contribution >= 0.6 is 5.69 Å². The molecule has 0 aromatic carbocycles. The van der Waals surface area contributed by atoms with Crippen molar-refractivity contribution in [3.8, 4) is 0 Å². The summed E-state index contributed by atoms with van der Waals surface area (Å²) < 4.78 is 0. The van der Waals surface area contributed by atoms with Crippen LogP contribution < -0.4 is 164 Å². The van der Waals surface area contributed by atoms with Crippen molar-refractivity contribution >= 4 is 28.0 Å². The molecule has 18 heavy (non-hydrogen) atoms. The molecule has 0 amide bonds. The molecule has 8 heteroatoms. The molecule has 0 N–H and O–H groups in total. The molecule has 94 valence electrons. The molecular weight excluding hydrogens is 365 g/mol. The van der Waals surface area contributed by atoms with Crippen molar-refractivity contribution in [3.63, 3.8) is 0 Å². The predicted octanol–water partition coefficient (Wildman–Crippen LogP) is -7.35. The minimum atomic E-state index is -3.53. The van der Waals surface area contributed by atoms with Crippen LogP contribution in [0.3, 0.4) is 0 Å². The zero-order chi connectivity index (χ0) is 12.1. The van der Waals surface area contributed by atoms with Gasteiger partial charge in [-0.25, -0.2) is 10.1 Å². The van der Waals surface area contributed by atoms with Crippen molar-refractivity contribution in [1.29, 1.82) is 0 Å². The van der Waals surface area contributed by atoms with Gasteiger partial charge in [0, 0.05) is 0 Å². The van der Waals surface area contributed by atoms with Crippen LogP contribution in [-0.4, -0.2) is 11.5 Å². The summed E-state index contributed by atoms with van der Waals surface area (Å²) in [4.78, 5) is 22.8. The number of hydrogen-bond acceptors (Lipinski definition) is 3. The summed E-state index contributed by atoms with van der Waals surface area (Å²) >= 11 is 4.62. The van der Waals surface area contributed by atoms with Crippen LogP contribution in [0.15, 0.2) is 0 Å². The maximum Gasteiger partial charge on any atom is 1.00 e. The van der Waals surface area contributed by atoms with Crippen LogP contribution in [0, 0.1) is 11.8 Å². The van der Waals surface area contributed by atoms with Crippen LogP contribution in [0.25, 0.3) is 0 Å². The molecule has 0 heterocycles. The van der Waals surface area contributed by atoms with E-state index in [1.54, 1.807) is 0 Å². The molecule has 0 aliphatic rings. The van der Waals surface area contributed by atoms with Gasteiger partial charge in [0.05, 0.1) is 0 Å². The second-order valence-electron chi connectivity index (χ2n) is 4.68. The molecule has 0 unspecified atom stereocenters. The summed E-state index contributed by atoms with van der Waals surface area (Å²) in [5, 5.41) is 0. The van der Waals surface area contributed by atoms with E-state index in [-0.39, 0.29) is 154 Å². The van der Waals surface area contributed by atoms with Gasteiger partial charge in [0.15, 0.2) is 0 Å². The van der Waals surface area contributed by atoms with E-state index in [1.807, 2.05) is 0 Å². The average Bonchev–Trinajstić information content (AvgIpc) is 2.00.